The summed E-state index contributed by atoms with van der Waals surface area (Å²) >= 11 is 12.1. The number of rotatable bonds is 3. The maximum atomic E-state index is 6.12. The molecule has 4 atom stereocenters. The Balaban J connectivity index is 0.00000225. The number of hydrogen-bond donors (Lipinski definition) is 2. The number of guanidine groups is 1. The highest BCUT2D eigenvalue weighted by molar-refractivity contribution is 14.0. The van der Waals surface area contributed by atoms with E-state index in [0.29, 0.717) is 28.1 Å². The van der Waals surface area contributed by atoms with Crippen LogP contribution in [0.3, 0.4) is 0 Å². The average Bonchev–Trinajstić information content (AvgIpc) is 3.00. The van der Waals surface area contributed by atoms with Gasteiger partial charge in [-0.1, -0.05) is 43.1 Å². The van der Waals surface area contributed by atoms with Crippen molar-refractivity contribution in [3.63, 3.8) is 0 Å². The topological polar surface area (TPSA) is 45.7 Å². The second-order valence-corrected chi connectivity index (χ2v) is 8.11. The number of halogens is 3. The highest BCUT2D eigenvalue weighted by Gasteiger charge is 2.59. The van der Waals surface area contributed by atoms with E-state index in [1.807, 2.05) is 18.2 Å². The molecule has 4 unspecified atom stereocenters. The van der Waals surface area contributed by atoms with Gasteiger partial charge in [0.25, 0.3) is 0 Å². The molecule has 1 aromatic carbocycles. The van der Waals surface area contributed by atoms with Gasteiger partial charge >= 0.3 is 0 Å². The minimum atomic E-state index is 0. The molecule has 0 spiro atoms. The second-order valence-electron chi connectivity index (χ2n) is 7.30. The molecule has 25 heavy (non-hydrogen) atoms. The summed E-state index contributed by atoms with van der Waals surface area (Å²) < 4.78 is 5.86. The van der Waals surface area contributed by atoms with Crippen LogP contribution in [0.25, 0.3) is 0 Å². The van der Waals surface area contributed by atoms with E-state index in [-0.39, 0.29) is 35.4 Å². The standard InChI is InChI=1S/C18H25Cl2N3O.HI/c1-10(11-5-6-13(19)14(20)9-11)22-17(21-4)23-15-12-7-8-24-16(12)18(15,2)3;/h5-6,9-10,12,15-16H,7-8H2,1-4H3,(H2,21,22,23);1H. The lowest BCUT2D eigenvalue weighted by molar-refractivity contribution is -0.106. The first-order chi connectivity index (χ1) is 11.3. The quantitative estimate of drug-likeness (QED) is 0.363. The van der Waals surface area contributed by atoms with Crippen molar-refractivity contribution < 1.29 is 4.74 Å². The van der Waals surface area contributed by atoms with E-state index in [9.17, 15) is 0 Å². The summed E-state index contributed by atoms with van der Waals surface area (Å²) in [6.07, 6.45) is 1.48. The average molecular weight is 498 g/mol. The molecule has 2 aliphatic rings. The largest absolute Gasteiger partial charge is 0.377 e. The maximum absolute atomic E-state index is 6.12. The van der Waals surface area contributed by atoms with Crippen LogP contribution >= 0.6 is 47.2 Å². The molecule has 2 fully saturated rings. The zero-order valence-corrected chi connectivity index (χ0v) is 18.8. The van der Waals surface area contributed by atoms with Crippen molar-refractivity contribution in [2.24, 2.45) is 16.3 Å². The number of ether oxygens (including phenoxy) is 1. The monoisotopic (exact) mass is 497 g/mol. The summed E-state index contributed by atoms with van der Waals surface area (Å²) in [5, 5.41) is 8.17. The highest BCUT2D eigenvalue weighted by Crippen LogP contribution is 2.52. The van der Waals surface area contributed by atoms with Crippen molar-refractivity contribution in [2.45, 2.75) is 45.4 Å². The van der Waals surface area contributed by atoms with Crippen LogP contribution in [0.2, 0.25) is 10.0 Å². The maximum Gasteiger partial charge on any atom is 0.191 e. The van der Waals surface area contributed by atoms with Gasteiger partial charge in [0, 0.05) is 31.0 Å². The first-order valence-corrected chi connectivity index (χ1v) is 9.16. The lowest BCUT2D eigenvalue weighted by Gasteiger charge is -2.55. The molecule has 1 aliphatic heterocycles. The summed E-state index contributed by atoms with van der Waals surface area (Å²) in [5.74, 6) is 1.37. The van der Waals surface area contributed by atoms with E-state index in [1.54, 1.807) is 7.05 Å². The first-order valence-electron chi connectivity index (χ1n) is 8.41. The van der Waals surface area contributed by atoms with Crippen LogP contribution in [0.4, 0.5) is 0 Å². The van der Waals surface area contributed by atoms with Crippen LogP contribution in [0.5, 0.6) is 0 Å². The van der Waals surface area contributed by atoms with E-state index in [4.69, 9.17) is 27.9 Å². The van der Waals surface area contributed by atoms with Gasteiger partial charge in [-0.15, -0.1) is 24.0 Å². The molecule has 0 bridgehead atoms. The molecule has 140 valence electrons. The Bertz CT molecular complexity index is 653. The third kappa shape index (κ3) is 4.04. The molecule has 4 nitrogen and oxygen atoms in total. The Morgan fingerprint density at radius 2 is 2.04 bits per heavy atom. The van der Waals surface area contributed by atoms with Crippen LogP contribution in [-0.4, -0.2) is 31.8 Å². The number of nitrogens with one attached hydrogen (secondary N) is 2. The lowest BCUT2D eigenvalue weighted by atomic mass is 9.57. The molecule has 0 radical (unpaired) electrons. The second kappa shape index (κ2) is 8.19. The Kier molecular flexibility index (Phi) is 6.90. The zero-order valence-electron chi connectivity index (χ0n) is 15.0. The van der Waals surface area contributed by atoms with Crippen molar-refractivity contribution >= 4 is 53.1 Å². The number of nitrogens with zero attached hydrogens (tertiary/aromatic N) is 1. The molecule has 1 saturated heterocycles. The van der Waals surface area contributed by atoms with E-state index in [1.165, 1.54) is 0 Å². The summed E-state index contributed by atoms with van der Waals surface area (Å²) in [6.45, 7) is 7.46. The van der Waals surface area contributed by atoms with Crippen molar-refractivity contribution in [1.82, 2.24) is 10.6 Å². The normalized spacial score (nSPS) is 28.4. The Morgan fingerprint density at radius 3 is 2.68 bits per heavy atom. The van der Waals surface area contributed by atoms with Gasteiger partial charge in [-0.2, -0.15) is 0 Å². The van der Waals surface area contributed by atoms with E-state index in [0.717, 1.165) is 24.6 Å². The number of hydrogen-bond acceptors (Lipinski definition) is 2. The molecule has 1 saturated carbocycles. The smallest absolute Gasteiger partial charge is 0.191 e. The molecular weight excluding hydrogens is 472 g/mol. The Hall–Kier alpha value is -0.240. The fourth-order valence-corrected chi connectivity index (χ4v) is 4.31. The highest BCUT2D eigenvalue weighted by atomic mass is 127. The van der Waals surface area contributed by atoms with Crippen LogP contribution in [0.1, 0.15) is 38.8 Å². The van der Waals surface area contributed by atoms with Gasteiger partial charge in [0.2, 0.25) is 0 Å². The molecule has 0 aromatic heterocycles. The van der Waals surface area contributed by atoms with Gasteiger partial charge in [0.05, 0.1) is 22.2 Å². The Morgan fingerprint density at radius 1 is 1.32 bits per heavy atom. The fourth-order valence-electron chi connectivity index (χ4n) is 4.01. The predicted octanol–water partition coefficient (Wildman–Crippen LogP) is 4.65. The fraction of sp³-hybridized carbons (Fsp3) is 0.611. The number of aliphatic imine (C=N–C) groups is 1. The third-order valence-corrected chi connectivity index (χ3v) is 6.15. The summed E-state index contributed by atoms with van der Waals surface area (Å²) in [7, 11) is 1.80. The minimum absolute atomic E-state index is 0. The van der Waals surface area contributed by atoms with Gasteiger partial charge in [0.1, 0.15) is 0 Å². The number of fused-ring (bicyclic) bond motifs is 1. The van der Waals surface area contributed by atoms with E-state index >= 15 is 0 Å². The van der Waals surface area contributed by atoms with Crippen molar-refractivity contribution in [3.8, 4) is 0 Å². The molecule has 7 heteroatoms. The number of benzene rings is 1. The van der Waals surface area contributed by atoms with E-state index < -0.39 is 0 Å². The zero-order chi connectivity index (χ0) is 17.5. The van der Waals surface area contributed by atoms with Gasteiger partial charge in [-0.05, 0) is 31.0 Å². The van der Waals surface area contributed by atoms with Crippen LogP contribution in [0, 0.1) is 11.3 Å². The lowest BCUT2D eigenvalue weighted by Crippen LogP contribution is -2.68. The summed E-state index contributed by atoms with van der Waals surface area (Å²) in [4.78, 5) is 4.39. The van der Waals surface area contributed by atoms with Crippen molar-refractivity contribution in [1.29, 1.82) is 0 Å². The van der Waals surface area contributed by atoms with Crippen LogP contribution < -0.4 is 10.6 Å². The molecule has 1 aromatic rings. The van der Waals surface area contributed by atoms with Crippen LogP contribution in [-0.2, 0) is 4.74 Å². The summed E-state index contributed by atoms with van der Waals surface area (Å²) in [5.41, 5.74) is 1.19. The van der Waals surface area contributed by atoms with E-state index in [2.05, 4.69) is 36.4 Å². The van der Waals surface area contributed by atoms with Gasteiger partial charge in [0.15, 0.2) is 5.96 Å². The van der Waals surface area contributed by atoms with Gasteiger partial charge < -0.3 is 15.4 Å². The molecular formula is C18H26Cl2IN3O. The first kappa shape index (κ1) is 21.1. The SMILES string of the molecule is CN=C(NC(C)c1ccc(Cl)c(Cl)c1)NC1C2CCOC2C1(C)C.I. The molecule has 1 heterocycles. The third-order valence-electron chi connectivity index (χ3n) is 5.41. The summed E-state index contributed by atoms with van der Waals surface area (Å²) in [6, 6.07) is 6.14. The molecule has 2 N–H and O–H groups in total. The van der Waals surface area contributed by atoms with Crippen molar-refractivity contribution in [2.75, 3.05) is 13.7 Å². The molecule has 1 aliphatic carbocycles. The minimum Gasteiger partial charge on any atom is -0.377 e. The van der Waals surface area contributed by atoms with Crippen LogP contribution in [0.15, 0.2) is 23.2 Å². The van der Waals surface area contributed by atoms with Crippen molar-refractivity contribution in [3.05, 3.63) is 33.8 Å². The molecule has 3 rings (SSSR count). The molecule has 0 amide bonds. The Labute approximate surface area is 177 Å². The van der Waals surface area contributed by atoms with Gasteiger partial charge in [-0.25, -0.2) is 0 Å². The predicted molar refractivity (Wildman–Crippen MR) is 115 cm³/mol. The van der Waals surface area contributed by atoms with Gasteiger partial charge in [-0.3, -0.25) is 4.99 Å².